The maximum Gasteiger partial charge on any atom is 0.410 e. The Hall–Kier alpha value is -2.57. The molecule has 1 heterocycles. The van der Waals surface area contributed by atoms with E-state index in [1.54, 1.807) is 16.8 Å². The first kappa shape index (κ1) is 21.7. The number of nitrogens with zero attached hydrogens (tertiary/aromatic N) is 2. The van der Waals surface area contributed by atoms with E-state index in [2.05, 4.69) is 5.32 Å². The summed E-state index contributed by atoms with van der Waals surface area (Å²) in [6, 6.07) is 7.51. The molecule has 154 valence electrons. The van der Waals surface area contributed by atoms with Gasteiger partial charge in [0.1, 0.15) is 5.60 Å². The van der Waals surface area contributed by atoms with Crippen LogP contribution in [-0.2, 0) is 20.9 Å². The average Bonchev–Trinajstić information content (AvgIpc) is 2.60. The van der Waals surface area contributed by atoms with Gasteiger partial charge in [0.25, 0.3) is 0 Å². The van der Waals surface area contributed by atoms with Gasteiger partial charge in [-0.15, -0.1) is 0 Å². The van der Waals surface area contributed by atoms with Crippen molar-refractivity contribution in [2.45, 2.75) is 52.7 Å². The third kappa shape index (κ3) is 6.55. The van der Waals surface area contributed by atoms with Gasteiger partial charge in [0.05, 0.1) is 0 Å². The van der Waals surface area contributed by atoms with Crippen molar-refractivity contribution in [1.29, 1.82) is 0 Å². The molecule has 1 aromatic carbocycles. The molecular weight excluding hydrogens is 358 g/mol. The summed E-state index contributed by atoms with van der Waals surface area (Å²) in [5.41, 5.74) is 1.15. The number of hydrogen-bond acceptors (Lipinski definition) is 4. The Morgan fingerprint density at radius 1 is 1.21 bits per heavy atom. The molecule has 0 atom stereocenters. The Labute approximate surface area is 167 Å². The maximum absolute atomic E-state index is 12.6. The van der Waals surface area contributed by atoms with Crippen molar-refractivity contribution in [2.24, 2.45) is 5.92 Å². The Morgan fingerprint density at radius 3 is 2.43 bits per heavy atom. The average molecular weight is 389 g/mol. The minimum atomic E-state index is -0.521. The van der Waals surface area contributed by atoms with E-state index in [4.69, 9.17) is 4.74 Å². The summed E-state index contributed by atoms with van der Waals surface area (Å²) in [5.74, 6) is -0.186. The fourth-order valence-corrected chi connectivity index (χ4v) is 3.03. The van der Waals surface area contributed by atoms with Crippen molar-refractivity contribution in [3.63, 3.8) is 0 Å². The molecule has 1 aliphatic heterocycles. The number of amides is 3. The van der Waals surface area contributed by atoms with Gasteiger partial charge in [-0.2, -0.15) is 0 Å². The molecule has 0 saturated carbocycles. The van der Waals surface area contributed by atoms with Crippen LogP contribution in [0.4, 0.5) is 10.5 Å². The fraction of sp³-hybridized carbons (Fsp3) is 0.571. The minimum Gasteiger partial charge on any atom is -0.444 e. The summed E-state index contributed by atoms with van der Waals surface area (Å²) < 4.78 is 5.39. The van der Waals surface area contributed by atoms with Crippen molar-refractivity contribution < 1.29 is 19.1 Å². The number of likely N-dealkylation sites (tertiary alicyclic amines) is 1. The van der Waals surface area contributed by atoms with E-state index in [0.717, 1.165) is 5.56 Å². The Bertz CT molecular complexity index is 719. The Balaban J connectivity index is 1.87. The van der Waals surface area contributed by atoms with Gasteiger partial charge in [-0.3, -0.25) is 9.59 Å². The molecule has 1 saturated heterocycles. The number of piperidine rings is 1. The number of ether oxygens (including phenoxy) is 1. The van der Waals surface area contributed by atoms with Gasteiger partial charge < -0.3 is 19.9 Å². The molecule has 0 bridgehead atoms. The van der Waals surface area contributed by atoms with Crippen LogP contribution in [0.15, 0.2) is 24.3 Å². The van der Waals surface area contributed by atoms with Crippen LogP contribution in [-0.4, -0.2) is 53.4 Å². The number of carbonyl (C=O) groups is 3. The zero-order valence-electron chi connectivity index (χ0n) is 17.4. The van der Waals surface area contributed by atoms with Crippen LogP contribution in [0, 0.1) is 5.92 Å². The number of hydrogen-bond donors (Lipinski definition) is 1. The predicted molar refractivity (Wildman–Crippen MR) is 108 cm³/mol. The molecule has 1 N–H and O–H groups in total. The number of anilines is 1. The lowest BCUT2D eigenvalue weighted by atomic mass is 9.96. The molecule has 1 aliphatic rings. The molecule has 28 heavy (non-hydrogen) atoms. The largest absolute Gasteiger partial charge is 0.444 e. The summed E-state index contributed by atoms with van der Waals surface area (Å²) in [4.78, 5) is 39.4. The van der Waals surface area contributed by atoms with E-state index in [1.165, 1.54) is 6.92 Å². The van der Waals surface area contributed by atoms with Crippen molar-refractivity contribution >= 4 is 23.6 Å². The normalized spacial score (nSPS) is 15.1. The highest BCUT2D eigenvalue weighted by atomic mass is 16.6. The standard InChI is InChI=1S/C21H31N3O4/c1-15(25)23(5)14-16-7-6-8-18(13-16)22-19(26)17-9-11-24(12-10-17)20(27)28-21(2,3)4/h6-8,13,17H,9-12,14H2,1-5H3,(H,22,26). The molecule has 7 heteroatoms. The van der Waals surface area contributed by atoms with Crippen LogP contribution in [0.2, 0.25) is 0 Å². The number of benzene rings is 1. The van der Waals surface area contributed by atoms with E-state index in [0.29, 0.717) is 38.2 Å². The van der Waals surface area contributed by atoms with Gasteiger partial charge in [0.15, 0.2) is 0 Å². The van der Waals surface area contributed by atoms with Gasteiger partial charge in [-0.05, 0) is 51.3 Å². The SMILES string of the molecule is CC(=O)N(C)Cc1cccc(NC(=O)C2CCN(C(=O)OC(C)(C)C)CC2)c1. The van der Waals surface area contributed by atoms with Crippen LogP contribution in [0.3, 0.4) is 0 Å². The Morgan fingerprint density at radius 2 is 1.86 bits per heavy atom. The van der Waals surface area contributed by atoms with Gasteiger partial charge in [-0.1, -0.05) is 12.1 Å². The van der Waals surface area contributed by atoms with Gasteiger partial charge in [-0.25, -0.2) is 4.79 Å². The molecule has 2 rings (SSSR count). The van der Waals surface area contributed by atoms with Crippen LogP contribution in [0.1, 0.15) is 46.1 Å². The monoisotopic (exact) mass is 389 g/mol. The molecule has 0 aliphatic carbocycles. The van der Waals surface area contributed by atoms with Gasteiger partial charge in [0.2, 0.25) is 11.8 Å². The Kier molecular flexibility index (Phi) is 7.05. The van der Waals surface area contributed by atoms with E-state index in [1.807, 2.05) is 45.0 Å². The third-order valence-corrected chi connectivity index (χ3v) is 4.67. The number of rotatable bonds is 4. The fourth-order valence-electron chi connectivity index (χ4n) is 3.03. The van der Waals surface area contributed by atoms with Crippen LogP contribution >= 0.6 is 0 Å². The van der Waals surface area contributed by atoms with Gasteiger partial charge in [0, 0.05) is 45.2 Å². The second-order valence-electron chi connectivity index (χ2n) is 8.31. The van der Waals surface area contributed by atoms with E-state index < -0.39 is 5.60 Å². The zero-order chi connectivity index (χ0) is 20.9. The second kappa shape index (κ2) is 9.08. The van der Waals surface area contributed by atoms with Crippen LogP contribution in [0.25, 0.3) is 0 Å². The summed E-state index contributed by atoms with van der Waals surface area (Å²) >= 11 is 0. The zero-order valence-corrected chi connectivity index (χ0v) is 17.4. The number of nitrogens with one attached hydrogen (secondary N) is 1. The van der Waals surface area contributed by atoms with E-state index >= 15 is 0 Å². The summed E-state index contributed by atoms with van der Waals surface area (Å²) in [6.45, 7) is 8.56. The van der Waals surface area contributed by atoms with Crippen molar-refractivity contribution in [2.75, 3.05) is 25.5 Å². The van der Waals surface area contributed by atoms with Crippen LogP contribution in [0.5, 0.6) is 0 Å². The lowest BCUT2D eigenvalue weighted by molar-refractivity contribution is -0.128. The summed E-state index contributed by atoms with van der Waals surface area (Å²) in [5, 5.41) is 2.96. The van der Waals surface area contributed by atoms with E-state index in [9.17, 15) is 14.4 Å². The smallest absolute Gasteiger partial charge is 0.410 e. The molecule has 0 spiro atoms. The molecule has 7 nitrogen and oxygen atoms in total. The first-order valence-electron chi connectivity index (χ1n) is 9.64. The minimum absolute atomic E-state index is 0.00816. The quantitative estimate of drug-likeness (QED) is 0.857. The molecule has 1 aromatic rings. The lowest BCUT2D eigenvalue weighted by Crippen LogP contribution is -2.43. The molecular formula is C21H31N3O4. The molecule has 3 amide bonds. The highest BCUT2D eigenvalue weighted by Gasteiger charge is 2.29. The molecule has 0 unspecified atom stereocenters. The highest BCUT2D eigenvalue weighted by Crippen LogP contribution is 2.22. The van der Waals surface area contributed by atoms with E-state index in [-0.39, 0.29) is 23.8 Å². The third-order valence-electron chi connectivity index (χ3n) is 4.67. The summed E-state index contributed by atoms with van der Waals surface area (Å²) in [7, 11) is 1.74. The summed E-state index contributed by atoms with van der Waals surface area (Å²) in [6.07, 6.45) is 0.893. The van der Waals surface area contributed by atoms with Crippen molar-refractivity contribution in [1.82, 2.24) is 9.80 Å². The predicted octanol–water partition coefficient (Wildman–Crippen LogP) is 3.25. The lowest BCUT2D eigenvalue weighted by Gasteiger charge is -2.32. The highest BCUT2D eigenvalue weighted by molar-refractivity contribution is 5.92. The first-order valence-corrected chi connectivity index (χ1v) is 9.64. The topological polar surface area (TPSA) is 79.0 Å². The van der Waals surface area contributed by atoms with Crippen molar-refractivity contribution in [3.8, 4) is 0 Å². The van der Waals surface area contributed by atoms with Crippen molar-refractivity contribution in [3.05, 3.63) is 29.8 Å². The first-order chi connectivity index (χ1) is 13.0. The second-order valence-corrected chi connectivity index (χ2v) is 8.31. The van der Waals surface area contributed by atoms with Gasteiger partial charge >= 0.3 is 6.09 Å². The molecule has 1 fully saturated rings. The molecule has 0 aromatic heterocycles. The molecule has 0 radical (unpaired) electrons. The van der Waals surface area contributed by atoms with Crippen LogP contribution < -0.4 is 5.32 Å². The maximum atomic E-state index is 12.6. The number of carbonyl (C=O) groups excluding carboxylic acids is 3.